The Balaban J connectivity index is 1.55. The van der Waals surface area contributed by atoms with E-state index in [0.717, 1.165) is 17.0 Å². The highest BCUT2D eigenvalue weighted by Gasteiger charge is 2.18. The number of aryl methyl sites for hydroxylation is 2. The number of ether oxygens (including phenoxy) is 2. The fourth-order valence-corrected chi connectivity index (χ4v) is 2.92. The van der Waals surface area contributed by atoms with Gasteiger partial charge >= 0.3 is 0 Å². The largest absolute Gasteiger partial charge is 0.494 e. The van der Waals surface area contributed by atoms with E-state index in [1.165, 1.54) is 0 Å². The summed E-state index contributed by atoms with van der Waals surface area (Å²) in [6, 6.07) is 10.6. The smallest absolute Gasteiger partial charge is 0.287 e. The summed E-state index contributed by atoms with van der Waals surface area (Å²) >= 11 is 0. The maximum atomic E-state index is 12.4. The highest BCUT2D eigenvalue weighted by Crippen LogP contribution is 2.20. The summed E-state index contributed by atoms with van der Waals surface area (Å²) in [6.45, 7) is 6.63. The third-order valence-corrected chi connectivity index (χ3v) is 4.27. The Bertz CT molecular complexity index is 928. The van der Waals surface area contributed by atoms with Crippen LogP contribution >= 0.6 is 0 Å². The van der Waals surface area contributed by atoms with E-state index in [4.69, 9.17) is 13.9 Å². The first kappa shape index (κ1) is 19.5. The van der Waals surface area contributed by atoms with Crippen LogP contribution in [0.25, 0.3) is 0 Å². The number of hydrogen-bond donors (Lipinski definition) is 1. The second-order valence-corrected chi connectivity index (χ2v) is 6.50. The van der Waals surface area contributed by atoms with Crippen molar-refractivity contribution in [3.63, 3.8) is 0 Å². The summed E-state index contributed by atoms with van der Waals surface area (Å²) in [6.07, 6.45) is 1.90. The standard InChI is InChI=1S/C21H25N3O4/c1-5-26-16-6-8-17(9-7-16)27-13-18-10-11-20(28-18)21(25)22-14(2)19-12-24(4)23-15(19)3/h6-12,14H,5,13H2,1-4H3,(H,22,25). The van der Waals surface area contributed by atoms with Gasteiger partial charge in [-0.15, -0.1) is 0 Å². The number of furan rings is 1. The zero-order valence-corrected chi connectivity index (χ0v) is 16.6. The van der Waals surface area contributed by atoms with E-state index in [2.05, 4.69) is 10.4 Å². The Morgan fingerprint density at radius 3 is 2.46 bits per heavy atom. The number of carbonyl (C=O) groups is 1. The van der Waals surface area contributed by atoms with Crippen molar-refractivity contribution in [1.82, 2.24) is 15.1 Å². The van der Waals surface area contributed by atoms with Crippen molar-refractivity contribution >= 4 is 5.91 Å². The van der Waals surface area contributed by atoms with Gasteiger partial charge in [0.2, 0.25) is 0 Å². The molecule has 0 saturated carbocycles. The second kappa shape index (κ2) is 8.65. The summed E-state index contributed by atoms with van der Waals surface area (Å²) in [5.41, 5.74) is 1.86. The van der Waals surface area contributed by atoms with Crippen LogP contribution in [-0.4, -0.2) is 22.3 Å². The van der Waals surface area contributed by atoms with Gasteiger partial charge in [-0.2, -0.15) is 5.10 Å². The molecule has 0 fully saturated rings. The van der Waals surface area contributed by atoms with Gasteiger partial charge in [0.25, 0.3) is 5.91 Å². The first-order chi connectivity index (χ1) is 13.5. The first-order valence-corrected chi connectivity index (χ1v) is 9.21. The molecular weight excluding hydrogens is 358 g/mol. The summed E-state index contributed by atoms with van der Waals surface area (Å²) in [4.78, 5) is 12.4. The Hall–Kier alpha value is -3.22. The van der Waals surface area contributed by atoms with Crippen molar-refractivity contribution in [2.45, 2.75) is 33.4 Å². The lowest BCUT2D eigenvalue weighted by Gasteiger charge is -2.12. The molecule has 3 rings (SSSR count). The molecule has 3 aromatic rings. The zero-order valence-electron chi connectivity index (χ0n) is 16.6. The first-order valence-electron chi connectivity index (χ1n) is 9.21. The maximum absolute atomic E-state index is 12.4. The number of hydrogen-bond acceptors (Lipinski definition) is 5. The highest BCUT2D eigenvalue weighted by molar-refractivity contribution is 5.91. The van der Waals surface area contributed by atoms with E-state index in [9.17, 15) is 4.79 Å². The zero-order chi connectivity index (χ0) is 20.1. The minimum Gasteiger partial charge on any atom is -0.494 e. The minimum absolute atomic E-state index is 0.171. The fraction of sp³-hybridized carbons (Fsp3) is 0.333. The SMILES string of the molecule is CCOc1ccc(OCc2ccc(C(=O)NC(C)c3cn(C)nc3C)o2)cc1. The summed E-state index contributed by atoms with van der Waals surface area (Å²) in [7, 11) is 1.86. The number of nitrogens with one attached hydrogen (secondary N) is 1. The summed E-state index contributed by atoms with van der Waals surface area (Å²) in [5.74, 6) is 2.04. The van der Waals surface area contributed by atoms with Crippen molar-refractivity contribution in [3.8, 4) is 11.5 Å². The molecule has 7 heteroatoms. The van der Waals surface area contributed by atoms with Gasteiger partial charge < -0.3 is 19.2 Å². The van der Waals surface area contributed by atoms with Crippen LogP contribution < -0.4 is 14.8 Å². The molecule has 0 aliphatic carbocycles. The monoisotopic (exact) mass is 383 g/mol. The van der Waals surface area contributed by atoms with Gasteiger partial charge in [-0.3, -0.25) is 9.48 Å². The van der Waals surface area contributed by atoms with E-state index in [0.29, 0.717) is 18.1 Å². The van der Waals surface area contributed by atoms with E-state index in [-0.39, 0.29) is 24.3 Å². The molecular formula is C21H25N3O4. The third-order valence-electron chi connectivity index (χ3n) is 4.27. The van der Waals surface area contributed by atoms with Gasteiger partial charge in [-0.25, -0.2) is 0 Å². The van der Waals surface area contributed by atoms with Crippen molar-refractivity contribution < 1.29 is 18.7 Å². The minimum atomic E-state index is -0.275. The molecule has 0 bridgehead atoms. The van der Waals surface area contributed by atoms with Crippen molar-refractivity contribution in [2.75, 3.05) is 6.61 Å². The van der Waals surface area contributed by atoms with Crippen LogP contribution in [0.4, 0.5) is 0 Å². The third kappa shape index (κ3) is 4.73. The highest BCUT2D eigenvalue weighted by atomic mass is 16.5. The lowest BCUT2D eigenvalue weighted by atomic mass is 10.1. The molecule has 0 spiro atoms. The van der Waals surface area contributed by atoms with Gasteiger partial charge in [-0.1, -0.05) is 0 Å². The average molecular weight is 383 g/mol. The molecule has 0 aliphatic rings. The molecule has 0 aliphatic heterocycles. The summed E-state index contributed by atoms with van der Waals surface area (Å²) < 4.78 is 18.4. The van der Waals surface area contributed by atoms with Gasteiger partial charge in [0.15, 0.2) is 5.76 Å². The van der Waals surface area contributed by atoms with Gasteiger partial charge in [0.05, 0.1) is 18.3 Å². The molecule has 2 aromatic heterocycles. The fourth-order valence-electron chi connectivity index (χ4n) is 2.92. The molecule has 1 aromatic carbocycles. The van der Waals surface area contributed by atoms with Crippen LogP contribution in [0.2, 0.25) is 0 Å². The van der Waals surface area contributed by atoms with Crippen molar-refractivity contribution in [3.05, 3.63) is 65.4 Å². The van der Waals surface area contributed by atoms with Crippen LogP contribution in [0.3, 0.4) is 0 Å². The van der Waals surface area contributed by atoms with Crippen LogP contribution in [0.1, 0.15) is 47.5 Å². The average Bonchev–Trinajstić information content (AvgIpc) is 3.27. The number of aromatic nitrogens is 2. The van der Waals surface area contributed by atoms with Crippen LogP contribution in [-0.2, 0) is 13.7 Å². The maximum Gasteiger partial charge on any atom is 0.287 e. The summed E-state index contributed by atoms with van der Waals surface area (Å²) in [5, 5.41) is 7.23. The molecule has 2 heterocycles. The van der Waals surface area contributed by atoms with Crippen LogP contribution in [0.15, 0.2) is 47.0 Å². The Morgan fingerprint density at radius 1 is 1.18 bits per heavy atom. The predicted molar refractivity (Wildman–Crippen MR) is 104 cm³/mol. The molecule has 0 radical (unpaired) electrons. The molecule has 0 saturated heterocycles. The van der Waals surface area contributed by atoms with Crippen LogP contribution in [0.5, 0.6) is 11.5 Å². The number of nitrogens with zero attached hydrogens (tertiary/aromatic N) is 2. The van der Waals surface area contributed by atoms with Crippen molar-refractivity contribution in [1.29, 1.82) is 0 Å². The Labute approximate surface area is 164 Å². The second-order valence-electron chi connectivity index (χ2n) is 6.50. The van der Waals surface area contributed by atoms with E-state index >= 15 is 0 Å². The van der Waals surface area contributed by atoms with Crippen LogP contribution in [0, 0.1) is 6.92 Å². The molecule has 148 valence electrons. The molecule has 1 amide bonds. The number of carbonyl (C=O) groups excluding carboxylic acids is 1. The van der Waals surface area contributed by atoms with E-state index < -0.39 is 0 Å². The quantitative estimate of drug-likeness (QED) is 0.640. The van der Waals surface area contributed by atoms with E-state index in [1.54, 1.807) is 16.8 Å². The van der Waals surface area contributed by atoms with E-state index in [1.807, 2.05) is 58.3 Å². The molecule has 28 heavy (non-hydrogen) atoms. The van der Waals surface area contributed by atoms with Gasteiger partial charge in [0.1, 0.15) is 23.9 Å². The van der Waals surface area contributed by atoms with Gasteiger partial charge in [0, 0.05) is 18.8 Å². The number of amides is 1. The Kier molecular flexibility index (Phi) is 6.03. The topological polar surface area (TPSA) is 78.5 Å². The lowest BCUT2D eigenvalue weighted by Crippen LogP contribution is -2.26. The molecule has 1 atom stereocenters. The number of rotatable bonds is 8. The lowest BCUT2D eigenvalue weighted by molar-refractivity contribution is 0.0907. The van der Waals surface area contributed by atoms with Crippen molar-refractivity contribution in [2.24, 2.45) is 7.05 Å². The number of benzene rings is 1. The normalized spacial score (nSPS) is 11.9. The Morgan fingerprint density at radius 2 is 1.86 bits per heavy atom. The van der Waals surface area contributed by atoms with Gasteiger partial charge in [-0.05, 0) is 57.2 Å². The molecule has 1 unspecified atom stereocenters. The predicted octanol–water partition coefficient (Wildman–Crippen LogP) is 3.79. The molecule has 7 nitrogen and oxygen atoms in total. The molecule has 1 N–H and O–H groups in total.